The number of ether oxygens (including phenoxy) is 1. The Morgan fingerprint density at radius 3 is 2.71 bits per heavy atom. The van der Waals surface area contributed by atoms with Gasteiger partial charge >= 0.3 is 0 Å². The minimum absolute atomic E-state index is 0.142. The van der Waals surface area contributed by atoms with Gasteiger partial charge in [-0.2, -0.15) is 5.10 Å². The average molecular weight is 285 g/mol. The van der Waals surface area contributed by atoms with Gasteiger partial charge in [0.15, 0.2) is 5.78 Å². The molecule has 0 atom stereocenters. The van der Waals surface area contributed by atoms with Gasteiger partial charge in [-0.15, -0.1) is 0 Å². The minimum Gasteiger partial charge on any atom is -0.379 e. The van der Waals surface area contributed by atoms with Crippen molar-refractivity contribution in [1.82, 2.24) is 14.7 Å². The number of benzene rings is 1. The summed E-state index contributed by atoms with van der Waals surface area (Å²) in [6.45, 7) is 4.14. The normalized spacial score (nSPS) is 16.0. The number of hydrogen-bond acceptors (Lipinski definition) is 4. The number of carbonyl (C=O) groups excluding carboxylic acids is 1. The van der Waals surface area contributed by atoms with Crippen LogP contribution in [0.15, 0.2) is 42.7 Å². The second-order valence-electron chi connectivity index (χ2n) is 5.14. The van der Waals surface area contributed by atoms with Gasteiger partial charge in [-0.1, -0.05) is 18.2 Å². The van der Waals surface area contributed by atoms with Gasteiger partial charge in [0.25, 0.3) is 0 Å². The SMILES string of the molecule is O=C(CCN1CCOCC1)c1cnn(-c2ccccc2)c1. The fourth-order valence-electron chi connectivity index (χ4n) is 2.42. The molecule has 0 spiro atoms. The number of rotatable bonds is 5. The van der Waals surface area contributed by atoms with Crippen molar-refractivity contribution < 1.29 is 9.53 Å². The van der Waals surface area contributed by atoms with Gasteiger partial charge in [-0.25, -0.2) is 4.68 Å². The van der Waals surface area contributed by atoms with Gasteiger partial charge in [0.1, 0.15) is 0 Å². The Bertz CT molecular complexity index is 589. The minimum atomic E-state index is 0.142. The van der Waals surface area contributed by atoms with Crippen LogP contribution in [0.2, 0.25) is 0 Å². The van der Waals surface area contributed by atoms with E-state index in [1.54, 1.807) is 17.1 Å². The first kappa shape index (κ1) is 14.0. The molecule has 110 valence electrons. The van der Waals surface area contributed by atoms with Crippen LogP contribution in [0.4, 0.5) is 0 Å². The van der Waals surface area contributed by atoms with Crippen LogP contribution >= 0.6 is 0 Å². The Morgan fingerprint density at radius 1 is 1.19 bits per heavy atom. The predicted octanol–water partition coefficient (Wildman–Crippen LogP) is 1.78. The maximum absolute atomic E-state index is 12.2. The Balaban J connectivity index is 1.59. The molecule has 5 nitrogen and oxygen atoms in total. The van der Waals surface area contributed by atoms with E-state index in [9.17, 15) is 4.79 Å². The molecular formula is C16H19N3O2. The van der Waals surface area contributed by atoms with Gasteiger partial charge in [0, 0.05) is 32.3 Å². The lowest BCUT2D eigenvalue weighted by Gasteiger charge is -2.26. The van der Waals surface area contributed by atoms with E-state index in [1.165, 1.54) is 0 Å². The lowest BCUT2D eigenvalue weighted by Crippen LogP contribution is -2.37. The lowest BCUT2D eigenvalue weighted by atomic mass is 10.1. The number of ketones is 1. The highest BCUT2D eigenvalue weighted by Crippen LogP contribution is 2.10. The maximum atomic E-state index is 12.2. The fourth-order valence-corrected chi connectivity index (χ4v) is 2.42. The van der Waals surface area contributed by atoms with Crippen LogP contribution in [0.25, 0.3) is 5.69 Å². The quantitative estimate of drug-likeness (QED) is 0.786. The summed E-state index contributed by atoms with van der Waals surface area (Å²) in [5.41, 5.74) is 1.64. The molecule has 5 heteroatoms. The zero-order valence-corrected chi connectivity index (χ0v) is 11.9. The topological polar surface area (TPSA) is 47.4 Å². The molecule has 1 fully saturated rings. The number of morpholine rings is 1. The Hall–Kier alpha value is -1.98. The molecule has 1 aliphatic rings. The van der Waals surface area contributed by atoms with Crippen molar-refractivity contribution in [2.45, 2.75) is 6.42 Å². The summed E-state index contributed by atoms with van der Waals surface area (Å²) < 4.78 is 7.04. The number of hydrogen-bond donors (Lipinski definition) is 0. The maximum Gasteiger partial charge on any atom is 0.167 e. The highest BCUT2D eigenvalue weighted by atomic mass is 16.5. The predicted molar refractivity (Wildman–Crippen MR) is 79.8 cm³/mol. The van der Waals surface area contributed by atoms with Crippen LogP contribution in [0.5, 0.6) is 0 Å². The monoisotopic (exact) mass is 285 g/mol. The Morgan fingerprint density at radius 2 is 1.95 bits per heavy atom. The van der Waals surface area contributed by atoms with Gasteiger partial charge in [0.05, 0.1) is 30.7 Å². The third-order valence-corrected chi connectivity index (χ3v) is 3.68. The first-order valence-electron chi connectivity index (χ1n) is 7.26. The largest absolute Gasteiger partial charge is 0.379 e. The van der Waals surface area contributed by atoms with Crippen LogP contribution < -0.4 is 0 Å². The molecule has 0 aliphatic carbocycles. The van der Waals surface area contributed by atoms with Crippen molar-refractivity contribution in [1.29, 1.82) is 0 Å². The van der Waals surface area contributed by atoms with Gasteiger partial charge < -0.3 is 4.74 Å². The average Bonchev–Trinajstić information content (AvgIpc) is 3.04. The summed E-state index contributed by atoms with van der Waals surface area (Å²) >= 11 is 0. The first-order valence-corrected chi connectivity index (χ1v) is 7.26. The summed E-state index contributed by atoms with van der Waals surface area (Å²) in [5, 5.41) is 4.26. The molecule has 0 saturated carbocycles. The van der Waals surface area contributed by atoms with Crippen molar-refractivity contribution in [3.63, 3.8) is 0 Å². The van der Waals surface area contributed by atoms with E-state index in [0.29, 0.717) is 12.0 Å². The van der Waals surface area contributed by atoms with E-state index in [0.717, 1.165) is 38.5 Å². The molecule has 3 rings (SSSR count). The fraction of sp³-hybridized carbons (Fsp3) is 0.375. The molecule has 2 heterocycles. The third-order valence-electron chi connectivity index (χ3n) is 3.68. The third kappa shape index (κ3) is 3.56. The summed E-state index contributed by atoms with van der Waals surface area (Å²) in [6, 6.07) is 9.80. The van der Waals surface area contributed by atoms with Crippen molar-refractivity contribution in [2.75, 3.05) is 32.8 Å². The van der Waals surface area contributed by atoms with Gasteiger partial charge in [0.2, 0.25) is 0 Å². The van der Waals surface area contributed by atoms with Crippen molar-refractivity contribution in [3.05, 3.63) is 48.3 Å². The number of Topliss-reactive ketones (excluding diaryl/α,β-unsaturated/α-hetero) is 1. The number of aromatic nitrogens is 2. The second kappa shape index (κ2) is 6.65. The molecule has 0 unspecified atom stereocenters. The highest BCUT2D eigenvalue weighted by Gasteiger charge is 2.14. The molecule has 0 N–H and O–H groups in total. The molecule has 1 aliphatic heterocycles. The zero-order chi connectivity index (χ0) is 14.5. The Kier molecular flexibility index (Phi) is 4.43. The van der Waals surface area contributed by atoms with E-state index in [4.69, 9.17) is 4.74 Å². The zero-order valence-electron chi connectivity index (χ0n) is 11.9. The van der Waals surface area contributed by atoms with Crippen molar-refractivity contribution >= 4 is 5.78 Å². The lowest BCUT2D eigenvalue weighted by molar-refractivity contribution is 0.0370. The van der Waals surface area contributed by atoms with E-state index < -0.39 is 0 Å². The van der Waals surface area contributed by atoms with E-state index in [1.807, 2.05) is 30.3 Å². The molecule has 0 radical (unpaired) electrons. The molecule has 0 amide bonds. The van der Waals surface area contributed by atoms with Crippen LogP contribution in [-0.4, -0.2) is 53.3 Å². The van der Waals surface area contributed by atoms with E-state index in [2.05, 4.69) is 10.00 Å². The summed E-state index contributed by atoms with van der Waals surface area (Å²) in [4.78, 5) is 14.5. The summed E-state index contributed by atoms with van der Waals surface area (Å²) in [6.07, 6.45) is 3.98. The van der Waals surface area contributed by atoms with Crippen LogP contribution in [0.1, 0.15) is 16.8 Å². The molecule has 1 saturated heterocycles. The molecule has 1 aromatic heterocycles. The second-order valence-corrected chi connectivity index (χ2v) is 5.14. The van der Waals surface area contributed by atoms with E-state index >= 15 is 0 Å². The molecule has 21 heavy (non-hydrogen) atoms. The number of nitrogens with zero attached hydrogens (tertiary/aromatic N) is 3. The summed E-state index contributed by atoms with van der Waals surface area (Å²) in [7, 11) is 0. The summed E-state index contributed by atoms with van der Waals surface area (Å²) in [5.74, 6) is 0.142. The van der Waals surface area contributed by atoms with Crippen LogP contribution in [-0.2, 0) is 4.74 Å². The Labute approximate surface area is 124 Å². The smallest absolute Gasteiger partial charge is 0.167 e. The standard InChI is InChI=1S/C16H19N3O2/c20-16(6-7-18-8-10-21-11-9-18)14-12-17-19(13-14)15-4-2-1-3-5-15/h1-5,12-13H,6-11H2. The first-order chi connectivity index (χ1) is 10.3. The van der Waals surface area contributed by atoms with Gasteiger partial charge in [-0.05, 0) is 12.1 Å². The van der Waals surface area contributed by atoms with Crippen LogP contribution in [0.3, 0.4) is 0 Å². The van der Waals surface area contributed by atoms with Crippen LogP contribution in [0, 0.1) is 0 Å². The van der Waals surface area contributed by atoms with E-state index in [-0.39, 0.29) is 5.78 Å². The highest BCUT2D eigenvalue weighted by molar-refractivity contribution is 5.95. The molecule has 0 bridgehead atoms. The molecular weight excluding hydrogens is 266 g/mol. The number of carbonyl (C=O) groups is 1. The van der Waals surface area contributed by atoms with Crippen molar-refractivity contribution in [2.24, 2.45) is 0 Å². The number of para-hydroxylation sites is 1. The van der Waals surface area contributed by atoms with Crippen molar-refractivity contribution in [3.8, 4) is 5.69 Å². The molecule has 1 aromatic carbocycles. The molecule has 2 aromatic rings. The van der Waals surface area contributed by atoms with Gasteiger partial charge in [-0.3, -0.25) is 9.69 Å².